The van der Waals surface area contributed by atoms with Crippen molar-refractivity contribution >= 4 is 11.6 Å². The van der Waals surface area contributed by atoms with Crippen LogP contribution in [0.25, 0.3) is 0 Å². The molecule has 1 saturated heterocycles. The van der Waals surface area contributed by atoms with Crippen molar-refractivity contribution in [2.45, 2.75) is 25.2 Å². The van der Waals surface area contributed by atoms with E-state index in [2.05, 4.69) is 15.0 Å². The van der Waals surface area contributed by atoms with Gasteiger partial charge >= 0.3 is 6.61 Å². The van der Waals surface area contributed by atoms with Crippen LogP contribution in [0.4, 0.5) is 8.78 Å². The van der Waals surface area contributed by atoms with Crippen molar-refractivity contribution < 1.29 is 18.3 Å². The van der Waals surface area contributed by atoms with Crippen molar-refractivity contribution in [2.75, 3.05) is 13.2 Å². The summed E-state index contributed by atoms with van der Waals surface area (Å²) in [6, 6.07) is 3.24. The Balaban J connectivity index is 1.77. The Morgan fingerprint density at radius 1 is 1.50 bits per heavy atom. The largest absolute Gasteiger partial charge is 0.473 e. The van der Waals surface area contributed by atoms with Gasteiger partial charge in [0.1, 0.15) is 6.10 Å². The molecule has 0 aromatic carbocycles. The Kier molecular flexibility index (Phi) is 4.68. The molecule has 1 N–H and O–H groups in total. The molecule has 0 amide bonds. The maximum absolute atomic E-state index is 11.9. The van der Waals surface area contributed by atoms with E-state index in [4.69, 9.17) is 16.3 Å². The van der Waals surface area contributed by atoms with Gasteiger partial charge in [-0.15, -0.1) is 0 Å². The highest BCUT2D eigenvalue weighted by atomic mass is 35.5. The van der Waals surface area contributed by atoms with Crippen molar-refractivity contribution in [3.05, 3.63) is 23.4 Å². The summed E-state index contributed by atoms with van der Waals surface area (Å²) < 4.78 is 33.6. The number of ether oxygens (including phenoxy) is 2. The first-order valence-electron chi connectivity index (χ1n) is 5.55. The Labute approximate surface area is 108 Å². The molecule has 1 aliphatic rings. The van der Waals surface area contributed by atoms with Gasteiger partial charge in [-0.25, -0.2) is 4.98 Å². The summed E-state index contributed by atoms with van der Waals surface area (Å²) in [5, 5.41) is 3.59. The normalized spacial score (nSPS) is 23.6. The van der Waals surface area contributed by atoms with E-state index in [0.29, 0.717) is 23.9 Å². The number of hydrogen-bond donors (Lipinski definition) is 1. The fourth-order valence-corrected chi connectivity index (χ4v) is 1.90. The van der Waals surface area contributed by atoms with Crippen LogP contribution < -0.4 is 10.1 Å². The summed E-state index contributed by atoms with van der Waals surface area (Å²) in [7, 11) is 0. The van der Waals surface area contributed by atoms with Gasteiger partial charge < -0.3 is 14.8 Å². The predicted octanol–water partition coefficient (Wildman–Crippen LogP) is 2.08. The average molecular weight is 279 g/mol. The van der Waals surface area contributed by atoms with E-state index in [1.165, 1.54) is 6.20 Å². The van der Waals surface area contributed by atoms with Gasteiger partial charge in [0.25, 0.3) is 0 Å². The summed E-state index contributed by atoms with van der Waals surface area (Å²) in [5.74, 6) is 0.474. The number of alkyl halides is 2. The van der Waals surface area contributed by atoms with Crippen LogP contribution in [-0.4, -0.2) is 36.9 Å². The van der Waals surface area contributed by atoms with Crippen molar-refractivity contribution in [3.63, 3.8) is 0 Å². The van der Waals surface area contributed by atoms with Crippen molar-refractivity contribution in [1.29, 1.82) is 0 Å². The monoisotopic (exact) mass is 278 g/mol. The van der Waals surface area contributed by atoms with E-state index in [1.807, 2.05) is 0 Å². The molecule has 7 heteroatoms. The molecule has 4 nitrogen and oxygen atoms in total. The maximum Gasteiger partial charge on any atom is 0.345 e. The van der Waals surface area contributed by atoms with Crippen LogP contribution in [0, 0.1) is 0 Å². The van der Waals surface area contributed by atoms with E-state index < -0.39 is 6.61 Å². The minimum absolute atomic E-state index is 0.0222. The van der Waals surface area contributed by atoms with Crippen LogP contribution in [0.1, 0.15) is 6.42 Å². The molecule has 2 atom stereocenters. The summed E-state index contributed by atoms with van der Waals surface area (Å²) in [4.78, 5) is 4.01. The van der Waals surface area contributed by atoms with Crippen LogP contribution in [0.15, 0.2) is 18.3 Å². The van der Waals surface area contributed by atoms with Crippen molar-refractivity contribution in [3.8, 4) is 5.88 Å². The Bertz CT molecular complexity index is 378. The molecule has 0 aliphatic carbocycles. The van der Waals surface area contributed by atoms with E-state index in [-0.39, 0.29) is 18.8 Å². The molecular weight excluding hydrogens is 266 g/mol. The fraction of sp³-hybridized carbons (Fsp3) is 0.545. The smallest absolute Gasteiger partial charge is 0.345 e. The zero-order valence-electron chi connectivity index (χ0n) is 9.48. The molecule has 0 radical (unpaired) electrons. The SMILES string of the molecule is FC(F)OC[C@@H]1C[C@H](Oc2ccc(Cl)cn2)CN1. The Hall–Kier alpha value is -0.980. The molecule has 0 unspecified atom stereocenters. The predicted molar refractivity (Wildman–Crippen MR) is 62.0 cm³/mol. The van der Waals surface area contributed by atoms with Crippen molar-refractivity contribution in [2.24, 2.45) is 0 Å². The van der Waals surface area contributed by atoms with E-state index in [1.54, 1.807) is 12.1 Å². The standard InChI is InChI=1S/C11H13ClF2N2O2/c12-7-1-2-10(16-4-7)18-9-3-8(15-5-9)6-17-11(13)14/h1-2,4,8-9,11,15H,3,5-6H2/t8-,9-/m0/s1. The number of nitrogens with zero attached hydrogens (tertiary/aromatic N) is 1. The second-order valence-electron chi connectivity index (χ2n) is 3.99. The Morgan fingerprint density at radius 2 is 2.33 bits per heavy atom. The minimum Gasteiger partial charge on any atom is -0.473 e. The first-order chi connectivity index (χ1) is 8.63. The molecule has 1 aromatic rings. The molecule has 2 heterocycles. The van der Waals surface area contributed by atoms with Crippen LogP contribution in [-0.2, 0) is 4.74 Å². The number of hydrogen-bond acceptors (Lipinski definition) is 4. The molecule has 2 rings (SSSR count). The summed E-state index contributed by atoms with van der Waals surface area (Å²) in [6.45, 7) is -2.17. The van der Waals surface area contributed by atoms with Crippen LogP contribution in [0.5, 0.6) is 5.88 Å². The highest BCUT2D eigenvalue weighted by Crippen LogP contribution is 2.17. The first-order valence-corrected chi connectivity index (χ1v) is 5.92. The fourth-order valence-electron chi connectivity index (χ4n) is 1.79. The van der Waals surface area contributed by atoms with Gasteiger partial charge in [-0.1, -0.05) is 11.6 Å². The van der Waals surface area contributed by atoms with Crippen molar-refractivity contribution in [1.82, 2.24) is 10.3 Å². The van der Waals surface area contributed by atoms with Crippen LogP contribution in [0.3, 0.4) is 0 Å². The number of rotatable bonds is 5. The highest BCUT2D eigenvalue weighted by molar-refractivity contribution is 6.30. The van der Waals surface area contributed by atoms with Crippen LogP contribution in [0.2, 0.25) is 5.02 Å². The summed E-state index contributed by atoms with van der Waals surface area (Å²) in [6.07, 6.45) is 2.01. The second-order valence-corrected chi connectivity index (χ2v) is 4.43. The molecule has 0 bridgehead atoms. The van der Waals surface area contributed by atoms with Gasteiger partial charge in [0.05, 0.1) is 11.6 Å². The van der Waals surface area contributed by atoms with Gasteiger partial charge in [0.15, 0.2) is 0 Å². The van der Waals surface area contributed by atoms with Gasteiger partial charge in [0, 0.05) is 31.3 Å². The molecule has 18 heavy (non-hydrogen) atoms. The molecule has 0 saturated carbocycles. The number of pyridine rings is 1. The lowest BCUT2D eigenvalue weighted by molar-refractivity contribution is -0.133. The Morgan fingerprint density at radius 3 is 3.00 bits per heavy atom. The molecule has 1 aromatic heterocycles. The van der Waals surface area contributed by atoms with Gasteiger partial charge in [-0.05, 0) is 6.07 Å². The highest BCUT2D eigenvalue weighted by Gasteiger charge is 2.26. The lowest BCUT2D eigenvalue weighted by Crippen LogP contribution is -2.27. The third-order valence-corrected chi connectivity index (χ3v) is 2.82. The van der Waals surface area contributed by atoms with E-state index in [0.717, 1.165) is 0 Å². The molecule has 0 spiro atoms. The summed E-state index contributed by atoms with van der Waals surface area (Å²) >= 11 is 5.70. The minimum atomic E-state index is -2.73. The zero-order valence-corrected chi connectivity index (χ0v) is 10.2. The molecule has 100 valence electrons. The van der Waals surface area contributed by atoms with E-state index >= 15 is 0 Å². The number of halogens is 3. The molecule has 1 fully saturated rings. The van der Waals surface area contributed by atoms with Gasteiger partial charge in [0.2, 0.25) is 5.88 Å². The topological polar surface area (TPSA) is 43.4 Å². The van der Waals surface area contributed by atoms with E-state index in [9.17, 15) is 8.78 Å². The van der Waals surface area contributed by atoms with Crippen LogP contribution >= 0.6 is 11.6 Å². The zero-order chi connectivity index (χ0) is 13.0. The molecule has 1 aliphatic heterocycles. The second kappa shape index (κ2) is 6.26. The quantitative estimate of drug-likeness (QED) is 0.896. The third-order valence-electron chi connectivity index (χ3n) is 2.59. The number of nitrogens with one attached hydrogen (secondary N) is 1. The summed E-state index contributed by atoms with van der Waals surface area (Å²) in [5.41, 5.74) is 0. The third kappa shape index (κ3) is 4.04. The average Bonchev–Trinajstić information content (AvgIpc) is 2.77. The maximum atomic E-state index is 11.9. The first kappa shape index (κ1) is 13.5. The van der Waals surface area contributed by atoms with Gasteiger partial charge in [-0.3, -0.25) is 0 Å². The molecular formula is C11H13ClF2N2O2. The lowest BCUT2D eigenvalue weighted by Gasteiger charge is -2.12. The van der Waals surface area contributed by atoms with Gasteiger partial charge in [-0.2, -0.15) is 8.78 Å². The lowest BCUT2D eigenvalue weighted by atomic mass is 10.2. The number of aromatic nitrogens is 1.